The molecule has 1 N–H and O–H groups in total. The molecule has 0 saturated carbocycles. The number of non-ortho nitro benzene ring substituents is 2. The van der Waals surface area contributed by atoms with E-state index in [1.165, 1.54) is 0 Å². The Morgan fingerprint density at radius 2 is 1.09 bits per heavy atom. The van der Waals surface area contributed by atoms with E-state index in [4.69, 9.17) is 8.85 Å². The predicted molar refractivity (Wildman–Crippen MR) is 246 cm³/mol. The summed E-state index contributed by atoms with van der Waals surface area (Å²) in [5.41, 5.74) is 2.45. The van der Waals surface area contributed by atoms with Crippen LogP contribution in [-0.4, -0.2) is 109 Å². The third kappa shape index (κ3) is 16.6. The van der Waals surface area contributed by atoms with Crippen LogP contribution in [0.3, 0.4) is 0 Å². The minimum absolute atomic E-state index is 0. The zero-order chi connectivity index (χ0) is 41.6. The molecule has 2 aliphatic rings. The number of benzene rings is 2. The smallest absolute Gasteiger partial charge is 0.269 e. The van der Waals surface area contributed by atoms with Crippen LogP contribution in [0.4, 0.5) is 22.7 Å². The first-order valence-corrected chi connectivity index (χ1v) is 26.7. The van der Waals surface area contributed by atoms with Crippen LogP contribution < -0.4 is 15.1 Å². The summed E-state index contributed by atoms with van der Waals surface area (Å²) in [5.74, 6) is 0. The second kappa shape index (κ2) is 23.5. The maximum absolute atomic E-state index is 10.8. The van der Waals surface area contributed by atoms with Crippen LogP contribution in [0.1, 0.15) is 67.2 Å². The van der Waals surface area contributed by atoms with Crippen molar-refractivity contribution in [3.05, 3.63) is 68.8 Å². The molecule has 320 valence electrons. The normalized spacial score (nSPS) is 16.0. The van der Waals surface area contributed by atoms with Crippen molar-refractivity contribution in [1.82, 2.24) is 10.2 Å². The zero-order valence-corrected chi connectivity index (χ0v) is 40.6. The molecule has 2 aromatic carbocycles. The number of nitro benzene ring substituents is 2. The molecule has 2 aliphatic heterocycles. The summed E-state index contributed by atoms with van der Waals surface area (Å²) in [7, 11) is 1.06. The number of piperidine rings is 2. The first-order valence-electron chi connectivity index (χ1n) is 19.7. The summed E-state index contributed by atoms with van der Waals surface area (Å²) in [6.45, 7) is 29.3. The Hall–Kier alpha value is -2.12. The van der Waals surface area contributed by atoms with E-state index >= 15 is 0 Å². The average Bonchev–Trinajstić information content (AvgIpc) is 3.13. The van der Waals surface area contributed by atoms with Crippen LogP contribution in [0.5, 0.6) is 0 Å². The van der Waals surface area contributed by atoms with Gasteiger partial charge >= 0.3 is 0 Å². The van der Waals surface area contributed by atoms with Crippen molar-refractivity contribution in [2.75, 3.05) is 75.2 Å². The van der Waals surface area contributed by atoms with E-state index in [9.17, 15) is 20.2 Å². The average molecular weight is 905 g/mol. The largest absolute Gasteiger partial charge is 0.416 e. The summed E-state index contributed by atoms with van der Waals surface area (Å²) in [6, 6.07) is 14.9. The molecule has 2 aromatic rings. The van der Waals surface area contributed by atoms with Crippen LogP contribution in [0.25, 0.3) is 0 Å². The van der Waals surface area contributed by atoms with Gasteiger partial charge < -0.3 is 28.9 Å². The van der Waals surface area contributed by atoms with E-state index in [2.05, 4.69) is 111 Å². The Kier molecular flexibility index (Phi) is 21.8. The lowest BCUT2D eigenvalue weighted by molar-refractivity contribution is -0.385. The lowest BCUT2D eigenvalue weighted by atomic mass is 10.0. The van der Waals surface area contributed by atoms with Crippen LogP contribution in [-0.2, 0) is 8.85 Å². The lowest BCUT2D eigenvalue weighted by Crippen LogP contribution is -2.46. The third-order valence-electron chi connectivity index (χ3n) is 11.9. The number of nitrogens with zero attached hydrogens (tertiary/aromatic N) is 5. The van der Waals surface area contributed by atoms with E-state index < -0.39 is 16.6 Å². The van der Waals surface area contributed by atoms with Gasteiger partial charge in [0.2, 0.25) is 0 Å². The Bertz CT molecular complexity index is 1450. The number of nitro groups is 2. The summed E-state index contributed by atoms with van der Waals surface area (Å²) in [5, 5.41) is 26.2. The van der Waals surface area contributed by atoms with Crippen LogP contribution in [0.2, 0.25) is 36.3 Å². The topological polar surface area (TPSA) is 126 Å². The second-order valence-electron chi connectivity index (χ2n) is 17.7. The Balaban J connectivity index is 0.000000462. The highest BCUT2D eigenvalue weighted by Gasteiger charge is 2.38. The van der Waals surface area contributed by atoms with Gasteiger partial charge in [0.1, 0.15) is 0 Å². The number of likely N-dealkylation sites (N-methyl/N-ethyl adjacent to an activating group) is 1. The van der Waals surface area contributed by atoms with Gasteiger partial charge in [0.05, 0.1) is 9.85 Å². The first-order chi connectivity index (χ1) is 25.5. The molecule has 2 saturated heterocycles. The van der Waals surface area contributed by atoms with Crippen LogP contribution in [0, 0.1) is 20.2 Å². The van der Waals surface area contributed by atoms with Gasteiger partial charge in [-0.1, -0.05) is 57.5 Å². The lowest BCUT2D eigenvalue weighted by Gasteiger charge is -2.39. The second-order valence-corrected chi connectivity index (χ2v) is 28.1. The number of alkyl halides is 1. The van der Waals surface area contributed by atoms with Gasteiger partial charge in [-0.25, -0.2) is 0 Å². The number of hydrogen-bond donors (Lipinski definition) is 1. The fourth-order valence-corrected chi connectivity index (χ4v) is 8.46. The highest BCUT2D eigenvalue weighted by atomic mass is 79.9. The van der Waals surface area contributed by atoms with E-state index in [-0.39, 0.29) is 38.7 Å². The summed E-state index contributed by atoms with van der Waals surface area (Å²) >= 11 is 3.37. The van der Waals surface area contributed by atoms with Crippen molar-refractivity contribution in [1.29, 1.82) is 0 Å². The van der Waals surface area contributed by atoms with Gasteiger partial charge in [-0.2, -0.15) is 0 Å². The van der Waals surface area contributed by atoms with Crippen LogP contribution in [0.15, 0.2) is 48.5 Å². The summed E-state index contributed by atoms with van der Waals surface area (Å²) < 4.78 is 12.1. The van der Waals surface area contributed by atoms with Gasteiger partial charge in [-0.15, -0.1) is 12.4 Å². The molecular weight excluding hydrogens is 832 g/mol. The number of hydrogen-bond acceptors (Lipinski definition) is 10. The number of anilines is 2. The Morgan fingerprint density at radius 3 is 1.41 bits per heavy atom. The summed E-state index contributed by atoms with van der Waals surface area (Å²) in [4.78, 5) is 27.7. The van der Waals surface area contributed by atoms with Crippen molar-refractivity contribution in [3.8, 4) is 0 Å². The number of rotatable bonds is 13. The van der Waals surface area contributed by atoms with Gasteiger partial charge in [0, 0.05) is 99.0 Å². The first kappa shape index (κ1) is 51.9. The van der Waals surface area contributed by atoms with Crippen molar-refractivity contribution >= 4 is 67.7 Å². The molecule has 0 radical (unpaired) electrons. The third-order valence-corrected chi connectivity index (χ3v) is 21.3. The van der Waals surface area contributed by atoms with E-state index in [1.54, 1.807) is 24.3 Å². The molecule has 2 fully saturated rings. The standard InChI is InChI=1S/C20H35N3O3Si.C12H17N3O2.C8H19BrOSi.ClH/c1-20(2,3)27(5,6)26-16-15-21(4)17-11-13-22(14-12-17)18-7-9-19(10-8-18)23(24)25;1-13-10-6-8-14(9-7-10)11-2-4-12(5-3-11)15(16)17;1-8(2,3)11(4,5)10-7-6-9;/h7-10,17H,11-16H2,1-6H3;2-5,10,13H,6-9H2,1H3;6-7H2,1-5H3;1H. The molecule has 0 bridgehead atoms. The fraction of sp³-hybridized carbons (Fsp3) is 0.700. The zero-order valence-electron chi connectivity index (χ0n) is 36.2. The maximum Gasteiger partial charge on any atom is 0.269 e. The molecule has 4 rings (SSSR count). The molecule has 2 heterocycles. The fourth-order valence-electron chi connectivity index (χ4n) is 5.92. The monoisotopic (exact) mass is 902 g/mol. The quantitative estimate of drug-likeness (QED) is 0.0899. The molecule has 0 spiro atoms. The van der Waals surface area contributed by atoms with E-state index in [0.29, 0.717) is 17.1 Å². The summed E-state index contributed by atoms with van der Waals surface area (Å²) in [6.07, 6.45) is 4.45. The van der Waals surface area contributed by atoms with Crippen molar-refractivity contribution in [2.45, 2.75) is 116 Å². The highest BCUT2D eigenvalue weighted by Crippen LogP contribution is 2.37. The predicted octanol–water partition coefficient (Wildman–Crippen LogP) is 10.1. The van der Waals surface area contributed by atoms with E-state index in [0.717, 1.165) is 88.3 Å². The number of nitrogens with one attached hydrogen (secondary N) is 1. The molecule has 0 aliphatic carbocycles. The van der Waals surface area contributed by atoms with E-state index in [1.807, 2.05) is 31.3 Å². The highest BCUT2D eigenvalue weighted by molar-refractivity contribution is 9.09. The molecular formula is C40H72BrClN6O6Si2. The van der Waals surface area contributed by atoms with Crippen molar-refractivity contribution in [2.24, 2.45) is 0 Å². The molecule has 0 amide bonds. The Morgan fingerprint density at radius 1 is 0.732 bits per heavy atom. The maximum atomic E-state index is 10.8. The SMILES string of the molecule is CC(C)(C)[Si](C)(C)OCCBr.CN(CCO[Si](C)(C)C(C)(C)C)C1CCN(c2ccc([N+](=O)[O-])cc2)CC1.CNC1CCN(c2ccc([N+](=O)[O-])cc2)CC1.Cl. The molecule has 16 heteroatoms. The Labute approximate surface area is 354 Å². The van der Waals surface area contributed by atoms with Crippen molar-refractivity contribution < 1.29 is 18.7 Å². The minimum atomic E-state index is -1.67. The molecule has 0 aromatic heterocycles. The molecule has 56 heavy (non-hydrogen) atoms. The van der Waals surface area contributed by atoms with Gasteiger partial charge in [-0.05, 0) is 100 Å². The van der Waals surface area contributed by atoms with Crippen LogP contribution >= 0.6 is 28.3 Å². The molecule has 0 unspecified atom stereocenters. The van der Waals surface area contributed by atoms with Gasteiger partial charge in [0.15, 0.2) is 16.6 Å². The van der Waals surface area contributed by atoms with Crippen molar-refractivity contribution in [3.63, 3.8) is 0 Å². The molecule has 0 atom stereocenters. The number of halogens is 2. The van der Waals surface area contributed by atoms with Gasteiger partial charge in [0.25, 0.3) is 11.4 Å². The minimum Gasteiger partial charge on any atom is -0.416 e. The molecule has 12 nitrogen and oxygen atoms in total. The van der Waals surface area contributed by atoms with Gasteiger partial charge in [-0.3, -0.25) is 20.2 Å².